The van der Waals surface area contributed by atoms with Gasteiger partial charge in [0.05, 0.1) is 0 Å². The van der Waals surface area contributed by atoms with Gasteiger partial charge < -0.3 is 4.74 Å². The standard InChI is InChI=1S/C23H38O2/c1-15(25-16(2)24)19-10-11-20-18-9-8-17-7-5-6-13-22(17,3)21(18)12-14-23(19,20)4/h15,17-21H,5-14H2,1-4H3/t15?,17-,18?,19-,20?,21?,22+,23-/m1/s1. The number of rotatable bonds is 2. The van der Waals surface area contributed by atoms with Crippen molar-refractivity contribution in [1.82, 2.24) is 0 Å². The van der Waals surface area contributed by atoms with Crippen LogP contribution in [0.15, 0.2) is 0 Å². The molecule has 0 aromatic heterocycles. The molecule has 142 valence electrons. The van der Waals surface area contributed by atoms with Gasteiger partial charge >= 0.3 is 5.97 Å². The van der Waals surface area contributed by atoms with Crippen molar-refractivity contribution >= 4 is 5.97 Å². The maximum atomic E-state index is 11.5. The van der Waals surface area contributed by atoms with Crippen molar-refractivity contribution in [1.29, 1.82) is 0 Å². The van der Waals surface area contributed by atoms with Crippen LogP contribution in [-0.2, 0) is 9.53 Å². The number of hydrogen-bond acceptors (Lipinski definition) is 2. The molecule has 8 atom stereocenters. The molecule has 25 heavy (non-hydrogen) atoms. The third-order valence-electron chi connectivity index (χ3n) is 9.58. The SMILES string of the molecule is CC(=O)OC(C)[C@H]1CCC2C3CC[C@H]4CCCC[C@]4(C)C3CC[C@@]21C. The third-order valence-corrected chi connectivity index (χ3v) is 9.58. The number of fused-ring (bicyclic) bond motifs is 5. The smallest absolute Gasteiger partial charge is 0.302 e. The first-order valence-corrected chi connectivity index (χ1v) is 11.0. The van der Waals surface area contributed by atoms with E-state index in [2.05, 4.69) is 20.8 Å². The predicted molar refractivity (Wildman–Crippen MR) is 101 cm³/mol. The van der Waals surface area contributed by atoms with Crippen LogP contribution in [0, 0.1) is 40.4 Å². The van der Waals surface area contributed by atoms with Crippen molar-refractivity contribution in [3.8, 4) is 0 Å². The van der Waals surface area contributed by atoms with E-state index < -0.39 is 0 Å². The molecule has 4 unspecified atom stereocenters. The summed E-state index contributed by atoms with van der Waals surface area (Å²) in [6, 6.07) is 0. The fourth-order valence-corrected chi connectivity index (χ4v) is 8.45. The van der Waals surface area contributed by atoms with Crippen LogP contribution in [0.3, 0.4) is 0 Å². The summed E-state index contributed by atoms with van der Waals surface area (Å²) in [7, 11) is 0. The van der Waals surface area contributed by atoms with Gasteiger partial charge in [-0.2, -0.15) is 0 Å². The third kappa shape index (κ3) is 2.69. The average molecular weight is 347 g/mol. The Balaban J connectivity index is 1.56. The molecule has 0 aromatic carbocycles. The lowest BCUT2D eigenvalue weighted by Crippen LogP contribution is -2.53. The summed E-state index contributed by atoms with van der Waals surface area (Å²) in [5.41, 5.74) is 1.02. The van der Waals surface area contributed by atoms with Crippen LogP contribution in [0.2, 0.25) is 0 Å². The lowest BCUT2D eigenvalue weighted by atomic mass is 9.45. The summed E-state index contributed by atoms with van der Waals surface area (Å²) in [5.74, 6) is 4.24. The number of carbonyl (C=O) groups is 1. The van der Waals surface area contributed by atoms with Crippen molar-refractivity contribution in [3.05, 3.63) is 0 Å². The number of esters is 1. The van der Waals surface area contributed by atoms with E-state index in [1.165, 1.54) is 64.2 Å². The molecule has 2 heteroatoms. The van der Waals surface area contributed by atoms with E-state index in [0.717, 1.165) is 23.7 Å². The summed E-state index contributed by atoms with van der Waals surface area (Å²) < 4.78 is 5.65. The zero-order valence-corrected chi connectivity index (χ0v) is 16.9. The first kappa shape index (κ1) is 17.9. The Morgan fingerprint density at radius 3 is 2.44 bits per heavy atom. The minimum Gasteiger partial charge on any atom is -0.463 e. The molecule has 4 aliphatic carbocycles. The zero-order chi connectivity index (χ0) is 17.8. The van der Waals surface area contributed by atoms with Gasteiger partial charge in [0.1, 0.15) is 6.10 Å². The second-order valence-electron chi connectivity index (χ2n) is 10.4. The lowest BCUT2D eigenvalue weighted by molar-refractivity contribution is -0.154. The van der Waals surface area contributed by atoms with Gasteiger partial charge in [-0.05, 0) is 92.8 Å². The Hall–Kier alpha value is -0.530. The summed E-state index contributed by atoms with van der Waals surface area (Å²) >= 11 is 0. The number of carbonyl (C=O) groups excluding carboxylic acids is 1. The van der Waals surface area contributed by atoms with Gasteiger partial charge in [-0.15, -0.1) is 0 Å². The molecular weight excluding hydrogens is 308 g/mol. The van der Waals surface area contributed by atoms with Crippen molar-refractivity contribution in [2.45, 2.75) is 98.0 Å². The minimum absolute atomic E-state index is 0.0886. The van der Waals surface area contributed by atoms with Crippen molar-refractivity contribution in [2.75, 3.05) is 0 Å². The van der Waals surface area contributed by atoms with Crippen LogP contribution >= 0.6 is 0 Å². The molecule has 0 spiro atoms. The maximum absolute atomic E-state index is 11.5. The first-order chi connectivity index (χ1) is 11.9. The molecule has 0 aromatic rings. The molecule has 2 nitrogen and oxygen atoms in total. The molecule has 0 N–H and O–H groups in total. The van der Waals surface area contributed by atoms with Gasteiger partial charge in [0.15, 0.2) is 0 Å². The Bertz CT molecular complexity index is 528. The minimum atomic E-state index is -0.108. The summed E-state index contributed by atoms with van der Waals surface area (Å²) in [4.78, 5) is 11.5. The fourth-order valence-electron chi connectivity index (χ4n) is 8.45. The average Bonchev–Trinajstić information content (AvgIpc) is 2.91. The van der Waals surface area contributed by atoms with E-state index in [1.54, 1.807) is 6.92 Å². The molecule has 0 amide bonds. The Labute approximate surface area is 154 Å². The number of hydrogen-bond donors (Lipinski definition) is 0. The highest BCUT2D eigenvalue weighted by atomic mass is 16.5. The molecule has 0 bridgehead atoms. The summed E-state index contributed by atoms with van der Waals surface area (Å²) in [6.45, 7) is 8.91. The molecule has 4 rings (SSSR count). The van der Waals surface area contributed by atoms with Gasteiger partial charge in [-0.25, -0.2) is 0 Å². The summed E-state index contributed by atoms with van der Waals surface area (Å²) in [5, 5.41) is 0. The first-order valence-electron chi connectivity index (χ1n) is 11.0. The van der Waals surface area contributed by atoms with Gasteiger partial charge in [0.2, 0.25) is 0 Å². The highest BCUT2D eigenvalue weighted by Gasteiger charge is 2.60. The van der Waals surface area contributed by atoms with Crippen LogP contribution in [0.1, 0.15) is 91.9 Å². The van der Waals surface area contributed by atoms with Crippen LogP contribution in [0.25, 0.3) is 0 Å². The van der Waals surface area contributed by atoms with Crippen molar-refractivity contribution in [3.63, 3.8) is 0 Å². The van der Waals surface area contributed by atoms with Crippen molar-refractivity contribution in [2.24, 2.45) is 40.4 Å². The van der Waals surface area contributed by atoms with Gasteiger partial charge in [0, 0.05) is 12.8 Å². The zero-order valence-electron chi connectivity index (χ0n) is 16.9. The van der Waals surface area contributed by atoms with E-state index in [0.29, 0.717) is 16.7 Å². The quantitative estimate of drug-likeness (QED) is 0.574. The molecule has 0 saturated heterocycles. The summed E-state index contributed by atoms with van der Waals surface area (Å²) in [6.07, 6.45) is 14.4. The van der Waals surface area contributed by atoms with Crippen LogP contribution in [0.5, 0.6) is 0 Å². The van der Waals surface area contributed by atoms with Gasteiger partial charge in [0.25, 0.3) is 0 Å². The van der Waals surface area contributed by atoms with Crippen molar-refractivity contribution < 1.29 is 9.53 Å². The fraction of sp³-hybridized carbons (Fsp3) is 0.957. The normalized spacial score (nSPS) is 50.3. The maximum Gasteiger partial charge on any atom is 0.302 e. The second kappa shape index (κ2) is 6.27. The van der Waals surface area contributed by atoms with Crippen LogP contribution < -0.4 is 0 Å². The molecule has 4 fully saturated rings. The molecule has 0 radical (unpaired) electrons. The molecule has 0 heterocycles. The largest absolute Gasteiger partial charge is 0.463 e. The molecule has 4 saturated carbocycles. The predicted octanol–water partition coefficient (Wildman–Crippen LogP) is 5.99. The van der Waals surface area contributed by atoms with E-state index >= 15 is 0 Å². The highest BCUT2D eigenvalue weighted by molar-refractivity contribution is 5.66. The molecule has 4 aliphatic rings. The Morgan fingerprint density at radius 2 is 1.68 bits per heavy atom. The van der Waals surface area contributed by atoms with E-state index in [1.807, 2.05) is 0 Å². The van der Waals surface area contributed by atoms with E-state index in [-0.39, 0.29) is 12.1 Å². The van der Waals surface area contributed by atoms with Crippen LogP contribution in [-0.4, -0.2) is 12.1 Å². The van der Waals surface area contributed by atoms with E-state index in [4.69, 9.17) is 4.74 Å². The van der Waals surface area contributed by atoms with E-state index in [9.17, 15) is 4.79 Å². The highest BCUT2D eigenvalue weighted by Crippen LogP contribution is 2.67. The second-order valence-corrected chi connectivity index (χ2v) is 10.4. The van der Waals surface area contributed by atoms with Gasteiger partial charge in [-0.1, -0.05) is 26.7 Å². The molecule has 0 aliphatic heterocycles. The number of ether oxygens (including phenoxy) is 1. The molecular formula is C23H38O2. The Kier molecular flexibility index (Phi) is 4.48. The van der Waals surface area contributed by atoms with Gasteiger partial charge in [-0.3, -0.25) is 4.79 Å². The Morgan fingerprint density at radius 1 is 0.920 bits per heavy atom. The topological polar surface area (TPSA) is 26.3 Å². The monoisotopic (exact) mass is 346 g/mol. The lowest BCUT2D eigenvalue weighted by Gasteiger charge is -2.60. The van der Waals surface area contributed by atoms with Crippen LogP contribution in [0.4, 0.5) is 0 Å².